The van der Waals surface area contributed by atoms with Gasteiger partial charge in [-0.1, -0.05) is 22.8 Å². The maximum absolute atomic E-state index is 14.4. The molecular formula is C14H7BrClFN7NaO. The number of azide groups is 1. The van der Waals surface area contributed by atoms with Crippen LogP contribution in [-0.2, 0) is 6.54 Å². The molecule has 0 heterocycles. The summed E-state index contributed by atoms with van der Waals surface area (Å²) in [4.78, 5) is 4.09. The van der Waals surface area contributed by atoms with Crippen LogP contribution in [0.1, 0.15) is 11.1 Å². The van der Waals surface area contributed by atoms with Crippen molar-refractivity contribution in [2.45, 2.75) is 6.54 Å². The molecule has 2 rings (SSSR count). The Bertz CT molecular complexity index is 909. The van der Waals surface area contributed by atoms with E-state index in [1.54, 1.807) is 6.07 Å². The topological polar surface area (TPSA) is 140 Å². The SMILES string of the molecule is N#Cc1cc(Cl)cc(Oc2c(Br)ccc(CN=[N+]=[N-])c2F)c1.[N-]=[N+]=[N-].[Na+]. The minimum Gasteiger partial charge on any atom is -0.453 e. The molecule has 8 nitrogen and oxygen atoms in total. The molecule has 0 bridgehead atoms. The van der Waals surface area contributed by atoms with Crippen LogP contribution in [0.2, 0.25) is 5.02 Å². The van der Waals surface area contributed by atoms with Crippen molar-refractivity contribution < 1.29 is 38.7 Å². The molecule has 0 saturated carbocycles. The first kappa shape index (κ1) is 24.1. The molecule has 2 aromatic carbocycles. The van der Waals surface area contributed by atoms with Crippen LogP contribution >= 0.6 is 27.5 Å². The molecule has 12 heteroatoms. The minimum absolute atomic E-state index is 0. The van der Waals surface area contributed by atoms with Crippen LogP contribution in [0.5, 0.6) is 11.5 Å². The maximum Gasteiger partial charge on any atom is 1.00 e. The quantitative estimate of drug-likeness (QED) is 0.306. The van der Waals surface area contributed by atoms with Crippen LogP contribution in [0, 0.1) is 17.1 Å². The summed E-state index contributed by atoms with van der Waals surface area (Å²) in [6.45, 7) is -0.134. The Morgan fingerprint density at radius 2 is 1.92 bits per heavy atom. The number of hydrogen-bond donors (Lipinski definition) is 0. The maximum atomic E-state index is 14.4. The number of hydrogen-bond acceptors (Lipinski definition) is 3. The molecule has 0 aromatic heterocycles. The van der Waals surface area contributed by atoms with Crippen LogP contribution in [0.15, 0.2) is 39.9 Å². The van der Waals surface area contributed by atoms with Gasteiger partial charge in [0.2, 0.25) is 0 Å². The summed E-state index contributed by atoms with van der Waals surface area (Å²) >= 11 is 9.08. The summed E-state index contributed by atoms with van der Waals surface area (Å²) in [5.74, 6) is -0.498. The van der Waals surface area contributed by atoms with E-state index in [1.807, 2.05) is 6.07 Å². The van der Waals surface area contributed by atoms with Crippen molar-refractivity contribution in [2.75, 3.05) is 0 Å². The molecule has 0 fully saturated rings. The standard InChI is InChI=1S/C14H7BrClFN4O.N3.Na/c15-12-2-1-9(7-20-21-19)13(17)14(12)22-11-4-8(6-18)3-10(16)5-11;1-3-2;/h1-5H,7H2;;/q;-1;+1. The summed E-state index contributed by atoms with van der Waals surface area (Å²) in [6, 6.07) is 9.38. The number of rotatable bonds is 4. The number of halogens is 3. The molecular weight excluding hydrogens is 440 g/mol. The van der Waals surface area contributed by atoms with Gasteiger partial charge in [0.1, 0.15) is 5.75 Å². The second-order valence-electron chi connectivity index (χ2n) is 4.22. The summed E-state index contributed by atoms with van der Waals surface area (Å²) in [6.07, 6.45) is 0. The summed E-state index contributed by atoms with van der Waals surface area (Å²) in [5.41, 5.74) is 22.3. The van der Waals surface area contributed by atoms with E-state index in [-0.39, 0.29) is 53.2 Å². The first-order chi connectivity index (χ1) is 12.0. The van der Waals surface area contributed by atoms with Crippen LogP contribution in [0.3, 0.4) is 0 Å². The fraction of sp³-hybridized carbons (Fsp3) is 0.0714. The molecule has 0 atom stereocenters. The van der Waals surface area contributed by atoms with Crippen molar-refractivity contribution >= 4 is 27.5 Å². The van der Waals surface area contributed by atoms with Gasteiger partial charge in [-0.05, 0) is 51.3 Å². The Labute approximate surface area is 183 Å². The van der Waals surface area contributed by atoms with E-state index in [1.165, 1.54) is 29.2 Å². The van der Waals surface area contributed by atoms with E-state index in [2.05, 4.69) is 26.0 Å². The molecule has 0 saturated heterocycles. The van der Waals surface area contributed by atoms with E-state index >= 15 is 0 Å². The predicted molar refractivity (Wildman–Crippen MR) is 93.3 cm³/mol. The van der Waals surface area contributed by atoms with Gasteiger partial charge in [0.05, 0.1) is 22.7 Å². The molecule has 0 radical (unpaired) electrons. The zero-order valence-corrected chi connectivity index (χ0v) is 17.6. The summed E-state index contributed by atoms with van der Waals surface area (Å²) in [7, 11) is 0. The summed E-state index contributed by atoms with van der Waals surface area (Å²) < 4.78 is 20.3. The zero-order chi connectivity index (χ0) is 18.8. The summed E-state index contributed by atoms with van der Waals surface area (Å²) in [5, 5.41) is 12.5. The van der Waals surface area contributed by atoms with Crippen LogP contribution in [-0.4, -0.2) is 0 Å². The van der Waals surface area contributed by atoms with Gasteiger partial charge >= 0.3 is 29.6 Å². The smallest absolute Gasteiger partial charge is 0.453 e. The van der Waals surface area contributed by atoms with Crippen molar-refractivity contribution in [2.24, 2.45) is 5.11 Å². The first-order valence-electron chi connectivity index (χ1n) is 6.31. The van der Waals surface area contributed by atoms with Gasteiger partial charge in [-0.2, -0.15) is 5.26 Å². The predicted octanol–water partition coefficient (Wildman–Crippen LogP) is 3.59. The molecule has 0 aliphatic heterocycles. The Hall–Kier alpha value is -1.95. The van der Waals surface area contributed by atoms with Crippen molar-refractivity contribution in [1.82, 2.24) is 0 Å². The minimum atomic E-state index is -0.653. The van der Waals surface area contributed by atoms with Crippen molar-refractivity contribution in [3.63, 3.8) is 0 Å². The number of nitriles is 1. The largest absolute Gasteiger partial charge is 1.00 e. The molecule has 0 N–H and O–H groups in total. The zero-order valence-electron chi connectivity index (χ0n) is 13.3. The van der Waals surface area contributed by atoms with Gasteiger partial charge in [0.15, 0.2) is 11.6 Å². The third kappa shape index (κ3) is 7.12. The molecule has 0 amide bonds. The van der Waals surface area contributed by atoms with Crippen molar-refractivity contribution in [3.05, 3.63) is 83.2 Å². The Kier molecular flexibility index (Phi) is 11.5. The third-order valence-electron chi connectivity index (χ3n) is 2.65. The number of nitrogens with zero attached hydrogens (tertiary/aromatic N) is 7. The monoisotopic (exact) mass is 445 g/mol. The molecule has 0 aliphatic rings. The average molecular weight is 447 g/mol. The van der Waals surface area contributed by atoms with Gasteiger partial charge in [0.25, 0.3) is 0 Å². The normalized spacial score (nSPS) is 8.54. The van der Waals surface area contributed by atoms with E-state index in [9.17, 15) is 4.39 Å². The fourth-order valence-electron chi connectivity index (χ4n) is 1.70. The molecule has 26 heavy (non-hydrogen) atoms. The Morgan fingerprint density at radius 3 is 2.50 bits per heavy atom. The van der Waals surface area contributed by atoms with Crippen LogP contribution in [0.4, 0.5) is 4.39 Å². The van der Waals surface area contributed by atoms with E-state index < -0.39 is 5.82 Å². The number of ether oxygens (including phenoxy) is 1. The van der Waals surface area contributed by atoms with Gasteiger partial charge in [-0.25, -0.2) is 4.39 Å². The average Bonchev–Trinajstić information content (AvgIpc) is 2.58. The van der Waals surface area contributed by atoms with Crippen molar-refractivity contribution in [1.29, 1.82) is 5.26 Å². The molecule has 0 aliphatic carbocycles. The Morgan fingerprint density at radius 1 is 1.27 bits per heavy atom. The molecule has 0 unspecified atom stereocenters. The van der Waals surface area contributed by atoms with Gasteiger partial charge in [-0.3, -0.25) is 4.91 Å². The van der Waals surface area contributed by atoms with Gasteiger partial charge in [-0.15, -0.1) is 0 Å². The van der Waals surface area contributed by atoms with Crippen molar-refractivity contribution in [3.8, 4) is 17.6 Å². The Balaban J connectivity index is 0.00000146. The second-order valence-corrected chi connectivity index (χ2v) is 5.51. The van der Waals surface area contributed by atoms with Crippen LogP contribution < -0.4 is 34.3 Å². The fourth-order valence-corrected chi connectivity index (χ4v) is 2.31. The second kappa shape index (κ2) is 12.4. The van der Waals surface area contributed by atoms with E-state index in [0.29, 0.717) is 15.1 Å². The molecule has 0 spiro atoms. The third-order valence-corrected chi connectivity index (χ3v) is 3.50. The van der Waals surface area contributed by atoms with Crippen LogP contribution in [0.25, 0.3) is 26.4 Å². The molecule has 2 aromatic rings. The van der Waals surface area contributed by atoms with Gasteiger partial charge in [0, 0.05) is 9.93 Å². The number of benzene rings is 2. The molecule has 126 valence electrons. The van der Waals surface area contributed by atoms with E-state index in [0.717, 1.165) is 0 Å². The van der Waals surface area contributed by atoms with E-state index in [4.69, 9.17) is 38.2 Å². The first-order valence-corrected chi connectivity index (χ1v) is 7.48. The van der Waals surface area contributed by atoms with Gasteiger partial charge < -0.3 is 15.8 Å².